The Labute approximate surface area is 430 Å². The van der Waals surface area contributed by atoms with E-state index in [-0.39, 0.29) is 0 Å². The fourth-order valence-electron chi connectivity index (χ4n) is 9.91. The van der Waals surface area contributed by atoms with Gasteiger partial charge >= 0.3 is 0 Å². The van der Waals surface area contributed by atoms with Crippen LogP contribution in [0.2, 0.25) is 0 Å². The van der Waals surface area contributed by atoms with Gasteiger partial charge in [-0.1, -0.05) is 246 Å². The summed E-state index contributed by atoms with van der Waals surface area (Å²) >= 11 is 1.62. The quantitative estimate of drug-likeness (QED) is 0.0449. The summed E-state index contributed by atoms with van der Waals surface area (Å²) in [4.78, 5) is 0. The van der Waals surface area contributed by atoms with Gasteiger partial charge in [-0.25, -0.2) is 0 Å². The SMILES string of the molecule is CCCCCCCCC(CCCCCC)COc1cc(-c2nnc(-c3ccc(N)cc3)s2)cc(OCC(CCCCCC)CCCCCCCC)c1OCC(CCCCCC)CCCCCCCC. The molecule has 6 nitrogen and oxygen atoms in total. The Morgan fingerprint density at radius 1 is 0.377 bits per heavy atom. The molecule has 7 heteroatoms. The Morgan fingerprint density at radius 3 is 1.01 bits per heavy atom. The van der Waals surface area contributed by atoms with Crippen molar-refractivity contribution in [1.82, 2.24) is 10.2 Å². The zero-order valence-corrected chi connectivity index (χ0v) is 46.7. The van der Waals surface area contributed by atoms with Crippen molar-refractivity contribution in [2.24, 2.45) is 17.8 Å². The van der Waals surface area contributed by atoms with Gasteiger partial charge in [0.1, 0.15) is 10.0 Å². The van der Waals surface area contributed by atoms with E-state index >= 15 is 0 Å². The molecule has 3 unspecified atom stereocenters. The van der Waals surface area contributed by atoms with Crippen molar-refractivity contribution < 1.29 is 14.2 Å². The number of hydrogen-bond acceptors (Lipinski definition) is 7. The highest BCUT2D eigenvalue weighted by atomic mass is 32.1. The van der Waals surface area contributed by atoms with Crippen molar-refractivity contribution in [2.45, 2.75) is 273 Å². The van der Waals surface area contributed by atoms with E-state index in [1.165, 1.54) is 231 Å². The van der Waals surface area contributed by atoms with Gasteiger partial charge in [0, 0.05) is 16.8 Å². The van der Waals surface area contributed by atoms with Gasteiger partial charge in [0.2, 0.25) is 5.75 Å². The minimum absolute atomic E-state index is 0.511. The highest BCUT2D eigenvalue weighted by molar-refractivity contribution is 7.17. The summed E-state index contributed by atoms with van der Waals surface area (Å²) in [5.41, 5.74) is 8.84. The standard InChI is InChI=1S/C62H107N3O3S/c1-7-13-19-25-28-34-40-52(37-31-22-16-10-4)49-66-58-47-56(62-65-64-61(69-62)55-43-45-57(63)46-44-55)48-59(67-50-53(38-32-23-17-11-5)41-35-29-26-20-14-8-2)60(58)68-51-54(39-33-24-18-12-6)42-36-30-27-21-15-9-3/h43-48,52-54H,7-42,49-51,63H2,1-6H3. The number of nitrogen functional groups attached to an aromatic ring is 1. The van der Waals surface area contributed by atoms with Crippen molar-refractivity contribution in [3.63, 3.8) is 0 Å². The van der Waals surface area contributed by atoms with Gasteiger partial charge in [-0.15, -0.1) is 10.2 Å². The van der Waals surface area contributed by atoms with E-state index in [0.29, 0.717) is 37.6 Å². The third kappa shape index (κ3) is 27.6. The number of nitrogens with zero attached hydrogens (tertiary/aromatic N) is 2. The number of hydrogen-bond donors (Lipinski definition) is 1. The molecule has 2 aromatic carbocycles. The molecule has 3 atom stereocenters. The molecule has 2 N–H and O–H groups in total. The second-order valence-corrected chi connectivity index (χ2v) is 22.1. The Kier molecular flexibility index (Phi) is 35.7. The average molecular weight is 975 g/mol. The molecule has 1 aromatic heterocycles. The third-order valence-electron chi connectivity index (χ3n) is 14.6. The minimum Gasteiger partial charge on any atom is -0.489 e. The topological polar surface area (TPSA) is 79.5 Å². The number of unbranched alkanes of at least 4 members (excludes halogenated alkanes) is 24. The molecule has 0 spiro atoms. The van der Waals surface area contributed by atoms with Crippen molar-refractivity contribution in [3.8, 4) is 38.4 Å². The maximum Gasteiger partial charge on any atom is 0.203 e. The zero-order valence-electron chi connectivity index (χ0n) is 45.9. The summed E-state index contributed by atoms with van der Waals surface area (Å²) in [6, 6.07) is 12.4. The number of anilines is 1. The number of rotatable bonds is 47. The van der Waals surface area contributed by atoms with Gasteiger partial charge < -0.3 is 19.9 Å². The lowest BCUT2D eigenvalue weighted by atomic mass is 9.94. The molecule has 0 aliphatic heterocycles. The van der Waals surface area contributed by atoms with E-state index in [1.807, 2.05) is 24.3 Å². The molecule has 1 heterocycles. The molecule has 0 amide bonds. The summed E-state index contributed by atoms with van der Waals surface area (Å²) in [6.07, 6.45) is 46.5. The molecule has 0 aliphatic rings. The van der Waals surface area contributed by atoms with E-state index in [4.69, 9.17) is 30.1 Å². The molecular weight excluding hydrogens is 867 g/mol. The van der Waals surface area contributed by atoms with Gasteiger partial charge in [0.05, 0.1) is 19.8 Å². The predicted octanol–water partition coefficient (Wildman–Crippen LogP) is 20.6. The lowest BCUT2D eigenvalue weighted by Crippen LogP contribution is -2.17. The van der Waals surface area contributed by atoms with Crippen LogP contribution in [0.25, 0.3) is 21.1 Å². The first-order valence-electron chi connectivity index (χ1n) is 29.7. The summed E-state index contributed by atoms with van der Waals surface area (Å²) < 4.78 is 21.6. The molecule has 3 aromatic rings. The van der Waals surface area contributed by atoms with E-state index in [2.05, 4.69) is 53.7 Å². The Bertz CT molecular complexity index is 1570. The Hall–Kier alpha value is -2.80. The normalized spacial score (nSPS) is 12.9. The molecule has 69 heavy (non-hydrogen) atoms. The first-order valence-corrected chi connectivity index (χ1v) is 30.5. The zero-order chi connectivity index (χ0) is 49.4. The van der Waals surface area contributed by atoms with Crippen LogP contribution in [-0.4, -0.2) is 30.0 Å². The van der Waals surface area contributed by atoms with Crippen molar-refractivity contribution >= 4 is 17.0 Å². The van der Waals surface area contributed by atoms with Crippen LogP contribution in [0.5, 0.6) is 17.2 Å². The summed E-state index contributed by atoms with van der Waals surface area (Å²) in [5, 5.41) is 11.3. The molecular formula is C62H107N3O3S. The molecule has 0 radical (unpaired) electrons. The molecule has 0 bridgehead atoms. The number of benzene rings is 2. The molecule has 0 saturated carbocycles. The van der Waals surface area contributed by atoms with Crippen LogP contribution < -0.4 is 19.9 Å². The van der Waals surface area contributed by atoms with Crippen molar-refractivity contribution in [2.75, 3.05) is 25.6 Å². The van der Waals surface area contributed by atoms with E-state index < -0.39 is 0 Å². The third-order valence-corrected chi connectivity index (χ3v) is 15.6. The molecule has 0 saturated heterocycles. The Morgan fingerprint density at radius 2 is 0.667 bits per heavy atom. The van der Waals surface area contributed by atoms with E-state index in [9.17, 15) is 0 Å². The van der Waals surface area contributed by atoms with Crippen LogP contribution >= 0.6 is 11.3 Å². The molecule has 0 aliphatic carbocycles. The van der Waals surface area contributed by atoms with Crippen LogP contribution in [0.1, 0.15) is 273 Å². The Balaban J connectivity index is 2.07. The second kappa shape index (κ2) is 40.8. The smallest absolute Gasteiger partial charge is 0.203 e. The minimum atomic E-state index is 0.511. The maximum absolute atomic E-state index is 7.23. The fraction of sp³-hybridized carbons (Fsp3) is 0.774. The highest BCUT2D eigenvalue weighted by Crippen LogP contribution is 2.44. The molecule has 0 fully saturated rings. The monoisotopic (exact) mass is 974 g/mol. The maximum atomic E-state index is 7.23. The number of ether oxygens (including phenoxy) is 3. The lowest BCUT2D eigenvalue weighted by Gasteiger charge is -2.24. The summed E-state index contributed by atoms with van der Waals surface area (Å²) in [7, 11) is 0. The van der Waals surface area contributed by atoms with Crippen LogP contribution in [-0.2, 0) is 0 Å². The largest absolute Gasteiger partial charge is 0.489 e. The summed E-state index contributed by atoms with van der Waals surface area (Å²) in [6.45, 7) is 16.0. The van der Waals surface area contributed by atoms with Crippen LogP contribution in [0.3, 0.4) is 0 Å². The average Bonchev–Trinajstić information content (AvgIpc) is 3.86. The van der Waals surface area contributed by atoms with E-state index in [1.54, 1.807) is 11.3 Å². The second-order valence-electron chi connectivity index (χ2n) is 21.1. The van der Waals surface area contributed by atoms with Crippen molar-refractivity contribution in [3.05, 3.63) is 36.4 Å². The lowest BCUT2D eigenvalue weighted by molar-refractivity contribution is 0.174. The van der Waals surface area contributed by atoms with E-state index in [0.717, 1.165) is 44.1 Å². The van der Waals surface area contributed by atoms with Crippen LogP contribution in [0.4, 0.5) is 5.69 Å². The van der Waals surface area contributed by atoms with Gasteiger partial charge in [-0.3, -0.25) is 0 Å². The number of aromatic nitrogens is 2. The molecule has 394 valence electrons. The fourth-order valence-corrected chi connectivity index (χ4v) is 10.7. The van der Waals surface area contributed by atoms with Crippen LogP contribution in [0, 0.1) is 17.8 Å². The van der Waals surface area contributed by atoms with Crippen molar-refractivity contribution in [1.29, 1.82) is 0 Å². The van der Waals surface area contributed by atoms with Gasteiger partial charge in [-0.2, -0.15) is 0 Å². The highest BCUT2D eigenvalue weighted by Gasteiger charge is 2.23. The summed E-state index contributed by atoms with van der Waals surface area (Å²) in [5.74, 6) is 3.96. The predicted molar refractivity (Wildman–Crippen MR) is 302 cm³/mol. The van der Waals surface area contributed by atoms with Gasteiger partial charge in [0.25, 0.3) is 0 Å². The molecule has 3 rings (SSSR count). The first-order chi connectivity index (χ1) is 34.0. The number of nitrogens with two attached hydrogens (primary N) is 1. The van der Waals surface area contributed by atoms with Gasteiger partial charge in [-0.05, 0) is 92.7 Å². The first kappa shape index (κ1) is 60.5. The van der Waals surface area contributed by atoms with Gasteiger partial charge in [0.15, 0.2) is 11.5 Å². The van der Waals surface area contributed by atoms with Crippen LogP contribution in [0.15, 0.2) is 36.4 Å².